The first kappa shape index (κ1) is 126. The van der Waals surface area contributed by atoms with E-state index in [-0.39, 0.29) is 105 Å². The highest BCUT2D eigenvalue weighted by molar-refractivity contribution is 14.2. The lowest BCUT2D eigenvalue weighted by Gasteiger charge is -2.52. The van der Waals surface area contributed by atoms with Crippen LogP contribution in [0.1, 0.15) is 143 Å². The summed E-state index contributed by atoms with van der Waals surface area (Å²) in [6.07, 6.45) is 6.87. The Morgan fingerprint density at radius 3 is 0.922 bits per heavy atom. The van der Waals surface area contributed by atoms with Gasteiger partial charge in [-0.25, -0.2) is 39.9 Å². The van der Waals surface area contributed by atoms with Crippen LogP contribution in [0.15, 0.2) is 158 Å². The van der Waals surface area contributed by atoms with Crippen LogP contribution in [-0.2, 0) is 19.3 Å². The van der Waals surface area contributed by atoms with E-state index in [0.717, 1.165) is 102 Å². The minimum atomic E-state index is -0.0589. The molecule has 0 aliphatic carbocycles. The Labute approximate surface area is 864 Å². The average Bonchev–Trinajstić information content (AvgIpc) is 1.14. The van der Waals surface area contributed by atoms with Crippen LogP contribution < -0.4 is 15.5 Å². The third kappa shape index (κ3) is 44.0. The van der Waals surface area contributed by atoms with Gasteiger partial charge in [0.15, 0.2) is 0 Å². The van der Waals surface area contributed by atoms with Gasteiger partial charge in [-0.15, -0.1) is 143 Å². The van der Waals surface area contributed by atoms with Crippen LogP contribution in [-0.4, -0.2) is 83.2 Å². The summed E-state index contributed by atoms with van der Waals surface area (Å²) in [6, 6.07) is 52.6. The number of anilines is 3. The minimum Gasteiger partial charge on any atom is -0.384 e. The first-order valence-electron chi connectivity index (χ1n) is 39.3. The Morgan fingerprint density at radius 2 is 0.633 bits per heavy atom. The van der Waals surface area contributed by atoms with E-state index in [4.69, 9.17) is 60.5 Å². The number of nitrogens with zero attached hydrogens (tertiary/aromatic N) is 13. The number of rotatable bonds is 31. The Morgan fingerprint density at radius 1 is 0.352 bits per heavy atom. The molecule has 0 aromatic carbocycles. The zero-order chi connectivity index (χ0) is 94.8. The van der Waals surface area contributed by atoms with Crippen LogP contribution in [0.25, 0.3) is 17.5 Å². The largest absolute Gasteiger partial charge is 0.384 e. The predicted octanol–water partition coefficient (Wildman–Crippen LogP) is 38.5. The maximum absolute atomic E-state index is 5.96. The molecule has 702 valence electrons. The molecule has 0 saturated heterocycles. The average molecular weight is 2580 g/mol. The molecule has 20 unspecified atom stereocenters. The molecule has 20 atom stereocenters. The van der Waals surface area contributed by atoms with Crippen molar-refractivity contribution in [2.45, 2.75) is 142 Å². The van der Waals surface area contributed by atoms with Crippen molar-refractivity contribution in [3.8, 4) is 17.5 Å². The third-order valence-electron chi connectivity index (χ3n) is 17.8. The minimum absolute atomic E-state index is 0. The zero-order valence-electron chi connectivity index (χ0n) is 74.4. The number of nitrogens with two attached hydrogens (primary N) is 1. The van der Waals surface area contributed by atoms with Gasteiger partial charge in [0.05, 0.1) is 2.43 Å². The van der Waals surface area contributed by atoms with Crippen molar-refractivity contribution in [2.75, 3.05) is 45.2 Å². The van der Waals surface area contributed by atoms with Crippen molar-refractivity contribution in [3.63, 3.8) is 0 Å². The first-order chi connectivity index (χ1) is 60.0. The van der Waals surface area contributed by atoms with Crippen LogP contribution in [0.5, 0.6) is 0 Å². The van der Waals surface area contributed by atoms with E-state index < -0.39 is 0 Å². The van der Waals surface area contributed by atoms with Crippen LogP contribution in [0.3, 0.4) is 0 Å². The van der Waals surface area contributed by atoms with Gasteiger partial charge in [0.2, 0.25) is 0 Å². The van der Waals surface area contributed by atoms with Crippen molar-refractivity contribution in [3.05, 3.63) is 269 Å². The summed E-state index contributed by atoms with van der Waals surface area (Å²) >= 11 is 21.4. The smallest absolute Gasteiger partial charge is 0.137 e. The molecule has 14 nitrogen and oxygen atoms in total. The molecule has 0 aliphatic rings. The van der Waals surface area contributed by atoms with Gasteiger partial charge in [0.1, 0.15) is 50.4 Å². The number of hydrogen-bond acceptors (Lipinski definition) is 11. The van der Waals surface area contributed by atoms with Crippen LogP contribution in [0.2, 0.25) is 15.5 Å². The molecule has 0 saturated carbocycles. The number of nitrogen functional groups attached to an aromatic ring is 1. The van der Waals surface area contributed by atoms with E-state index in [1.807, 2.05) is 38.1 Å². The van der Waals surface area contributed by atoms with Gasteiger partial charge in [0, 0.05) is 120 Å². The van der Waals surface area contributed by atoms with Gasteiger partial charge in [-0.3, -0.25) is 0 Å². The first-order valence-corrected chi connectivity index (χ1v) is 99.4. The summed E-state index contributed by atoms with van der Waals surface area (Å²) in [5.74, 6) is 5.58. The lowest BCUT2D eigenvalue weighted by atomic mass is 10.1. The number of pyridine rings is 8. The highest BCUT2D eigenvalue weighted by Crippen LogP contribution is 3.39. The summed E-state index contributed by atoms with van der Waals surface area (Å²) in [4.78, 5) is 40.7. The monoisotopic (exact) mass is 2580 g/mol. The summed E-state index contributed by atoms with van der Waals surface area (Å²) in [7, 11) is 58.1. The second-order valence-electron chi connectivity index (χ2n) is 28.7. The SMILES string of the molecule is C.CCCCN(C)c1cccc(Cc2cc(C)cc(-n3c(C)ccc3C)n2)n1.CCCCN(C)c1cccc(Cc2cc(C)cc(N)n2)n1.Cc1cc(C)nc(-n2c(C)ccc2C)c1.Cc1cc(Cc2cccc(Cl)n2)nc(-n2c(C)ccc2C)c1.Clc1cccc(Cl)n1.ICI.PPP(P)P(P(P)P)P(P(P(P)P)P(P)P)P(P(P(P)P)P(P)P)P(P(P)P)P(P)P. The molecular weight excluding hydrogens is 2450 g/mol. The molecule has 0 radical (unpaired) electrons. The normalized spacial score (nSPS) is 12.1. The van der Waals surface area contributed by atoms with E-state index >= 15 is 0 Å². The second kappa shape index (κ2) is 67.1. The Hall–Kier alpha value is 6.10. The number of halogens is 5. The number of aromatic nitrogens is 11. The van der Waals surface area contributed by atoms with Crippen LogP contribution in [0, 0.1) is 76.2 Å². The quantitative estimate of drug-likeness (QED) is 0.0191. The van der Waals surface area contributed by atoms with Crippen molar-refractivity contribution in [1.29, 1.82) is 0 Å². The molecule has 11 rings (SSSR count). The third-order valence-corrected chi connectivity index (χ3v) is 224. The fourth-order valence-electron chi connectivity index (χ4n) is 12.5. The van der Waals surface area contributed by atoms with Crippen molar-refractivity contribution in [2.24, 2.45) is 0 Å². The fraction of sp³-hybridized carbons (Fsp3) is 0.333. The molecule has 11 aromatic rings. The number of alkyl halides is 2. The van der Waals surface area contributed by atoms with Crippen LogP contribution >= 0.6 is 329 Å². The molecule has 50 heteroatoms. The predicted molar refractivity (Wildman–Crippen MR) is 688 cm³/mol. The van der Waals surface area contributed by atoms with Gasteiger partial charge < -0.3 is 29.2 Å². The Kier molecular flexibility index (Phi) is 66.2. The molecule has 2 N–H and O–H groups in total. The van der Waals surface area contributed by atoms with E-state index in [9.17, 15) is 0 Å². The fourth-order valence-corrected chi connectivity index (χ4v) is 420. The lowest BCUT2D eigenvalue weighted by molar-refractivity contribution is 0.757. The summed E-state index contributed by atoms with van der Waals surface area (Å²) in [6.45, 7) is 29.4. The Balaban J connectivity index is 0.000000328. The van der Waals surface area contributed by atoms with Crippen molar-refractivity contribution >= 4 is 346 Å². The van der Waals surface area contributed by atoms with Gasteiger partial charge in [0.25, 0.3) is 0 Å². The topological polar surface area (TPSA) is 150 Å². The molecule has 0 fully saturated rings. The molecule has 0 amide bonds. The van der Waals surface area contributed by atoms with Crippen LogP contribution in [0.4, 0.5) is 17.5 Å². The van der Waals surface area contributed by atoms with E-state index in [2.05, 4.69) is 431 Å². The molecular formula is C78H130Cl3I2N14P31. The van der Waals surface area contributed by atoms with Gasteiger partial charge in [-0.2, -0.15) is 0 Å². The highest BCUT2D eigenvalue weighted by atomic mass is 127. The van der Waals surface area contributed by atoms with Crippen molar-refractivity contribution in [1.82, 2.24) is 53.6 Å². The highest BCUT2D eigenvalue weighted by Gasteiger charge is 2.51. The molecule has 0 spiro atoms. The number of hydrogen-bond donors (Lipinski definition) is 1. The van der Waals surface area contributed by atoms with Crippen molar-refractivity contribution < 1.29 is 0 Å². The Bertz CT molecular complexity index is 4990. The second-order valence-corrected chi connectivity index (χ2v) is 158. The summed E-state index contributed by atoms with van der Waals surface area (Å²) in [5.41, 5.74) is 24.9. The summed E-state index contributed by atoms with van der Waals surface area (Å²) in [5, 5.41) is 1.37. The van der Waals surface area contributed by atoms with E-state index in [1.165, 1.54) is 79.0 Å². The van der Waals surface area contributed by atoms with Gasteiger partial charge in [-0.05, 0) is 343 Å². The van der Waals surface area contributed by atoms with Gasteiger partial charge >= 0.3 is 0 Å². The number of unbranched alkanes of at least 4 members (excludes halogenated alkanes) is 2. The lowest BCUT2D eigenvalue weighted by Crippen LogP contribution is -2.19. The zero-order valence-corrected chi connectivity index (χ0v) is 113. The molecule has 0 aliphatic heterocycles. The molecule has 0 bridgehead atoms. The van der Waals surface area contributed by atoms with Gasteiger partial charge in [-0.1, -0.05) is 146 Å². The van der Waals surface area contributed by atoms with E-state index in [0.29, 0.717) is 34.1 Å². The molecule has 128 heavy (non-hydrogen) atoms. The maximum atomic E-state index is 5.96. The van der Waals surface area contributed by atoms with E-state index in [1.54, 1.807) is 24.3 Å². The maximum Gasteiger partial charge on any atom is 0.137 e. The number of aryl methyl sites for hydroxylation is 11. The molecule has 11 aromatic heterocycles. The standard InChI is InChI=1S/C23H30N4.C18H18ClN3.C17H24N4.C13H16N2.C5H3Cl2N.CH2I2.CH4.H33P31/c1-6-7-13-26(5)22-10-8-9-20(24-22)16-21-14-17(2)15-23(25-21)27-18(3)11-12-19(27)4;1-12-9-16(11-15-5-4-6-17(19)20-15)21-18(10-12)22-13(2)7-8-14(22)3;1-4-5-9-21(3)17-8-6-7-14(20-17)12-15-10-13(2)11-16(18)19-15;1-9-7-10(2)14-13(8-9)15-11(3)5-6-12(15)4;6-4-2-1-3-5(7)8-4;2-1-3;;1-17-25(16)29(24(14)15)31(28(22(10)11)23(12)13)30(26(18(2)3)19(4)5)27(20(6)7)21(8)9/h8-12,14-15H,6-7,13,16H2,1-5H3;4-10H,11H2,1-3H3;6-8,10-11H,4-5,9,12H2,1-3H3,(H2,18,19);5-8H,1-4H3;1-3H;1H2;1H4;17H,1-16H2. The molecule has 11 heterocycles. The summed E-state index contributed by atoms with van der Waals surface area (Å²) < 4.78 is 7.75.